The summed E-state index contributed by atoms with van der Waals surface area (Å²) in [6, 6.07) is 3.50. The first-order valence-corrected chi connectivity index (χ1v) is 5.08. The molecule has 88 valence electrons. The van der Waals surface area contributed by atoms with Crippen molar-refractivity contribution in [1.29, 1.82) is 0 Å². The van der Waals surface area contributed by atoms with E-state index in [1.54, 1.807) is 19.4 Å². The number of aliphatic carboxylic acids is 1. The maximum absolute atomic E-state index is 10.4. The van der Waals surface area contributed by atoms with Crippen molar-refractivity contribution in [2.24, 2.45) is 5.73 Å². The highest BCUT2D eigenvalue weighted by Crippen LogP contribution is 2.09. The molecular formula is C11H16N2O3. The van der Waals surface area contributed by atoms with Crippen molar-refractivity contribution in [1.82, 2.24) is 4.98 Å². The van der Waals surface area contributed by atoms with E-state index in [9.17, 15) is 4.79 Å². The zero-order valence-corrected chi connectivity index (χ0v) is 9.22. The average molecular weight is 224 g/mol. The van der Waals surface area contributed by atoms with Crippen LogP contribution in [0.25, 0.3) is 0 Å². The molecule has 3 N–H and O–H groups in total. The fourth-order valence-electron chi connectivity index (χ4n) is 1.37. The van der Waals surface area contributed by atoms with Crippen LogP contribution in [0.15, 0.2) is 18.3 Å². The molecule has 0 aliphatic rings. The van der Waals surface area contributed by atoms with Gasteiger partial charge in [-0.15, -0.1) is 0 Å². The molecule has 0 amide bonds. The summed E-state index contributed by atoms with van der Waals surface area (Å²) in [5, 5.41) is 8.51. The lowest BCUT2D eigenvalue weighted by molar-refractivity contribution is -0.137. The maximum Gasteiger partial charge on any atom is 0.303 e. The molecular weight excluding hydrogens is 208 g/mol. The van der Waals surface area contributed by atoms with Crippen LogP contribution in [0.4, 0.5) is 0 Å². The van der Waals surface area contributed by atoms with Crippen molar-refractivity contribution in [2.45, 2.75) is 25.3 Å². The molecule has 1 atom stereocenters. The molecule has 1 aromatic heterocycles. The smallest absolute Gasteiger partial charge is 0.303 e. The van der Waals surface area contributed by atoms with Gasteiger partial charge in [0.2, 0.25) is 5.88 Å². The Hall–Kier alpha value is -1.62. The van der Waals surface area contributed by atoms with Gasteiger partial charge >= 0.3 is 5.97 Å². The fraction of sp³-hybridized carbons (Fsp3) is 0.455. The van der Waals surface area contributed by atoms with E-state index in [0.29, 0.717) is 18.7 Å². The number of pyridine rings is 1. The number of rotatable bonds is 6. The fourth-order valence-corrected chi connectivity index (χ4v) is 1.37. The van der Waals surface area contributed by atoms with Gasteiger partial charge in [0.05, 0.1) is 7.11 Å². The minimum atomic E-state index is -0.816. The van der Waals surface area contributed by atoms with Crippen LogP contribution in [0.1, 0.15) is 18.4 Å². The second-order valence-corrected chi connectivity index (χ2v) is 3.61. The minimum Gasteiger partial charge on any atom is -0.481 e. The van der Waals surface area contributed by atoms with Crippen LogP contribution < -0.4 is 10.5 Å². The molecule has 0 aliphatic carbocycles. The van der Waals surface area contributed by atoms with Crippen molar-refractivity contribution < 1.29 is 14.6 Å². The van der Waals surface area contributed by atoms with Crippen LogP contribution in [0.5, 0.6) is 5.88 Å². The summed E-state index contributed by atoms with van der Waals surface area (Å²) in [5.41, 5.74) is 6.79. The van der Waals surface area contributed by atoms with Gasteiger partial charge in [-0.3, -0.25) is 4.79 Å². The van der Waals surface area contributed by atoms with E-state index in [0.717, 1.165) is 5.56 Å². The Bertz CT molecular complexity index is 338. The summed E-state index contributed by atoms with van der Waals surface area (Å²) in [7, 11) is 1.56. The number of hydrogen-bond donors (Lipinski definition) is 2. The number of nitrogens with two attached hydrogens (primary N) is 1. The number of nitrogens with zero attached hydrogens (tertiary/aromatic N) is 1. The highest BCUT2D eigenvalue weighted by molar-refractivity contribution is 5.66. The monoisotopic (exact) mass is 224 g/mol. The Morgan fingerprint density at radius 1 is 1.62 bits per heavy atom. The van der Waals surface area contributed by atoms with E-state index < -0.39 is 5.97 Å². The van der Waals surface area contributed by atoms with Crippen LogP contribution in [-0.4, -0.2) is 29.2 Å². The molecule has 0 fully saturated rings. The lowest BCUT2D eigenvalue weighted by atomic mass is 10.0. The van der Waals surface area contributed by atoms with Crippen molar-refractivity contribution in [3.8, 4) is 5.88 Å². The molecule has 16 heavy (non-hydrogen) atoms. The standard InChI is InChI=1S/C11H16N2O3/c1-16-10-4-2-8(7-13-10)6-9(12)3-5-11(14)15/h2,4,7,9H,3,5-6,12H2,1H3,(H,14,15). The third-order valence-corrected chi connectivity index (χ3v) is 2.23. The Kier molecular flexibility index (Phi) is 4.72. The second-order valence-electron chi connectivity index (χ2n) is 3.61. The van der Waals surface area contributed by atoms with Crippen LogP contribution >= 0.6 is 0 Å². The van der Waals surface area contributed by atoms with Crippen molar-refractivity contribution in [2.75, 3.05) is 7.11 Å². The van der Waals surface area contributed by atoms with Gasteiger partial charge in [0.15, 0.2) is 0 Å². The van der Waals surface area contributed by atoms with E-state index in [4.69, 9.17) is 15.6 Å². The van der Waals surface area contributed by atoms with Crippen molar-refractivity contribution >= 4 is 5.97 Å². The quantitative estimate of drug-likeness (QED) is 0.747. The molecule has 1 aromatic rings. The Morgan fingerprint density at radius 2 is 2.38 bits per heavy atom. The number of hydrogen-bond acceptors (Lipinski definition) is 4. The molecule has 0 bridgehead atoms. The van der Waals surface area contributed by atoms with Crippen LogP contribution in [-0.2, 0) is 11.2 Å². The van der Waals surface area contributed by atoms with Crippen molar-refractivity contribution in [3.63, 3.8) is 0 Å². The van der Waals surface area contributed by atoms with Crippen LogP contribution in [0.3, 0.4) is 0 Å². The minimum absolute atomic E-state index is 0.102. The summed E-state index contributed by atoms with van der Waals surface area (Å²) in [6.07, 6.45) is 2.90. The zero-order chi connectivity index (χ0) is 12.0. The molecule has 0 aliphatic heterocycles. The first-order chi connectivity index (χ1) is 7.61. The Balaban J connectivity index is 2.43. The summed E-state index contributed by atoms with van der Waals surface area (Å²) in [5.74, 6) is -0.258. The maximum atomic E-state index is 10.4. The highest BCUT2D eigenvalue weighted by atomic mass is 16.5. The van der Waals surface area contributed by atoms with E-state index in [1.165, 1.54) is 0 Å². The number of ether oxygens (including phenoxy) is 1. The van der Waals surface area contributed by atoms with E-state index in [-0.39, 0.29) is 12.5 Å². The summed E-state index contributed by atoms with van der Waals surface area (Å²) in [4.78, 5) is 14.4. The summed E-state index contributed by atoms with van der Waals surface area (Å²) in [6.45, 7) is 0. The van der Waals surface area contributed by atoms with Gasteiger partial charge in [0.1, 0.15) is 0 Å². The molecule has 5 nitrogen and oxygen atoms in total. The lowest BCUT2D eigenvalue weighted by Gasteiger charge is -2.09. The Morgan fingerprint density at radius 3 is 2.88 bits per heavy atom. The van der Waals surface area contributed by atoms with Crippen molar-refractivity contribution in [3.05, 3.63) is 23.9 Å². The second kappa shape index (κ2) is 6.07. The number of carbonyl (C=O) groups is 1. The first-order valence-electron chi connectivity index (χ1n) is 5.08. The van der Waals surface area contributed by atoms with Crippen LogP contribution in [0, 0.1) is 0 Å². The van der Waals surface area contributed by atoms with Gasteiger partial charge in [0.25, 0.3) is 0 Å². The summed E-state index contributed by atoms with van der Waals surface area (Å²) >= 11 is 0. The molecule has 5 heteroatoms. The molecule has 0 spiro atoms. The molecule has 0 aromatic carbocycles. The number of methoxy groups -OCH3 is 1. The van der Waals surface area contributed by atoms with Gasteiger partial charge in [-0.2, -0.15) is 0 Å². The van der Waals surface area contributed by atoms with Gasteiger partial charge in [-0.25, -0.2) is 4.98 Å². The number of carboxylic acid groups (broad SMARTS) is 1. The number of carboxylic acids is 1. The van der Waals surface area contributed by atoms with Gasteiger partial charge in [-0.1, -0.05) is 6.07 Å². The Labute approximate surface area is 94.2 Å². The topological polar surface area (TPSA) is 85.4 Å². The molecule has 1 rings (SSSR count). The third-order valence-electron chi connectivity index (χ3n) is 2.23. The van der Waals surface area contributed by atoms with Gasteiger partial charge in [0, 0.05) is 24.7 Å². The molecule has 1 heterocycles. The van der Waals surface area contributed by atoms with Crippen LogP contribution in [0.2, 0.25) is 0 Å². The largest absolute Gasteiger partial charge is 0.481 e. The van der Waals surface area contributed by atoms with E-state index in [2.05, 4.69) is 4.98 Å². The number of aromatic nitrogens is 1. The third kappa shape index (κ3) is 4.27. The van der Waals surface area contributed by atoms with Gasteiger partial charge < -0.3 is 15.6 Å². The molecule has 0 saturated heterocycles. The summed E-state index contributed by atoms with van der Waals surface area (Å²) < 4.78 is 4.93. The molecule has 0 radical (unpaired) electrons. The van der Waals surface area contributed by atoms with E-state index >= 15 is 0 Å². The molecule has 0 saturated carbocycles. The SMILES string of the molecule is COc1ccc(CC(N)CCC(=O)O)cn1. The lowest BCUT2D eigenvalue weighted by Crippen LogP contribution is -2.23. The average Bonchev–Trinajstić information content (AvgIpc) is 2.27. The molecule has 1 unspecified atom stereocenters. The first kappa shape index (κ1) is 12.4. The van der Waals surface area contributed by atoms with E-state index in [1.807, 2.05) is 6.07 Å². The normalized spacial score (nSPS) is 12.1. The zero-order valence-electron chi connectivity index (χ0n) is 9.22. The predicted molar refractivity (Wildman–Crippen MR) is 59.3 cm³/mol. The predicted octanol–water partition coefficient (Wildman–Crippen LogP) is 0.825. The highest BCUT2D eigenvalue weighted by Gasteiger charge is 2.07. The van der Waals surface area contributed by atoms with Gasteiger partial charge in [-0.05, 0) is 18.4 Å².